The van der Waals surface area contributed by atoms with Crippen molar-refractivity contribution in [2.45, 2.75) is 13.0 Å². The number of benzene rings is 2. The lowest BCUT2D eigenvalue weighted by Gasteiger charge is -2.17. The van der Waals surface area contributed by atoms with Gasteiger partial charge in [0.1, 0.15) is 5.82 Å². The Hall–Kier alpha value is -2.07. The van der Waals surface area contributed by atoms with Gasteiger partial charge in [-0.3, -0.25) is 0 Å². The third kappa shape index (κ3) is 2.75. The summed E-state index contributed by atoms with van der Waals surface area (Å²) in [6, 6.07) is 9.92. The Balaban J connectivity index is 2.65. The molecule has 0 bridgehead atoms. The fourth-order valence-electron chi connectivity index (χ4n) is 2.09. The molecule has 2 aromatic rings. The topological polar surface area (TPSA) is 44.5 Å². The zero-order chi connectivity index (χ0) is 14.7. The van der Waals surface area contributed by atoms with Crippen molar-refractivity contribution in [3.8, 4) is 22.6 Å². The molecule has 0 saturated heterocycles. The number of methoxy groups -OCH3 is 2. The van der Waals surface area contributed by atoms with E-state index in [2.05, 4.69) is 0 Å². The number of hydrogen-bond acceptors (Lipinski definition) is 3. The van der Waals surface area contributed by atoms with Crippen LogP contribution in [0.3, 0.4) is 0 Å². The van der Waals surface area contributed by atoms with Gasteiger partial charge in [0.05, 0.1) is 14.2 Å². The van der Waals surface area contributed by atoms with Crippen molar-refractivity contribution in [3.63, 3.8) is 0 Å². The maximum absolute atomic E-state index is 13.1. The second-order valence-electron chi connectivity index (χ2n) is 4.60. The van der Waals surface area contributed by atoms with Crippen molar-refractivity contribution < 1.29 is 13.9 Å². The van der Waals surface area contributed by atoms with Crippen LogP contribution in [-0.4, -0.2) is 14.2 Å². The molecule has 0 aliphatic rings. The fraction of sp³-hybridized carbons (Fsp3) is 0.250. The lowest BCUT2D eigenvalue weighted by Crippen LogP contribution is -2.06. The van der Waals surface area contributed by atoms with Crippen molar-refractivity contribution in [1.82, 2.24) is 0 Å². The molecular weight excluding hydrogens is 257 g/mol. The lowest BCUT2D eigenvalue weighted by molar-refractivity contribution is 0.355. The van der Waals surface area contributed by atoms with Crippen LogP contribution >= 0.6 is 0 Å². The number of halogens is 1. The second kappa shape index (κ2) is 5.92. The minimum Gasteiger partial charge on any atom is -0.493 e. The molecule has 1 unspecified atom stereocenters. The molecule has 0 saturated carbocycles. The third-order valence-corrected chi connectivity index (χ3v) is 3.18. The Morgan fingerprint density at radius 1 is 1.05 bits per heavy atom. The largest absolute Gasteiger partial charge is 0.493 e. The van der Waals surface area contributed by atoms with Gasteiger partial charge < -0.3 is 15.2 Å². The minimum atomic E-state index is -0.275. The molecule has 0 fully saturated rings. The zero-order valence-electron chi connectivity index (χ0n) is 11.8. The average molecular weight is 275 g/mol. The molecule has 0 spiro atoms. The first-order valence-electron chi connectivity index (χ1n) is 6.34. The summed E-state index contributed by atoms with van der Waals surface area (Å²) in [5.41, 5.74) is 8.56. The molecule has 2 N–H and O–H groups in total. The molecule has 4 heteroatoms. The van der Waals surface area contributed by atoms with Crippen molar-refractivity contribution in [1.29, 1.82) is 0 Å². The van der Waals surface area contributed by atoms with E-state index >= 15 is 0 Å². The maximum atomic E-state index is 13.1. The first-order valence-corrected chi connectivity index (χ1v) is 6.34. The van der Waals surface area contributed by atoms with Crippen molar-refractivity contribution in [2.24, 2.45) is 5.73 Å². The third-order valence-electron chi connectivity index (χ3n) is 3.18. The Labute approximate surface area is 118 Å². The molecule has 3 nitrogen and oxygen atoms in total. The van der Waals surface area contributed by atoms with Gasteiger partial charge in [0.2, 0.25) is 0 Å². The standard InChI is InChI=1S/C16H18FNO2/c1-10(18)12-8-14(11-4-6-13(17)7-5-11)16(20-3)15(9-12)19-2/h4-10H,18H2,1-3H3. The van der Waals surface area contributed by atoms with Gasteiger partial charge in [0, 0.05) is 11.6 Å². The summed E-state index contributed by atoms with van der Waals surface area (Å²) in [5, 5.41) is 0. The van der Waals surface area contributed by atoms with Gasteiger partial charge >= 0.3 is 0 Å². The van der Waals surface area contributed by atoms with E-state index in [9.17, 15) is 4.39 Å². The number of ether oxygens (including phenoxy) is 2. The molecule has 106 valence electrons. The molecule has 0 radical (unpaired) electrons. The molecule has 0 amide bonds. The smallest absolute Gasteiger partial charge is 0.168 e. The van der Waals surface area contributed by atoms with Crippen LogP contribution < -0.4 is 15.2 Å². The SMILES string of the molecule is COc1cc(C(C)N)cc(-c2ccc(F)cc2)c1OC. The number of nitrogens with two attached hydrogens (primary N) is 1. The average Bonchev–Trinajstić information content (AvgIpc) is 2.46. The van der Waals surface area contributed by atoms with Crippen LogP contribution in [-0.2, 0) is 0 Å². The van der Waals surface area contributed by atoms with Gasteiger partial charge in [-0.25, -0.2) is 4.39 Å². The highest BCUT2D eigenvalue weighted by Gasteiger charge is 2.15. The van der Waals surface area contributed by atoms with E-state index in [4.69, 9.17) is 15.2 Å². The minimum absolute atomic E-state index is 0.131. The highest BCUT2D eigenvalue weighted by Crippen LogP contribution is 2.40. The first kappa shape index (κ1) is 14.3. The fourth-order valence-corrected chi connectivity index (χ4v) is 2.09. The van der Waals surface area contributed by atoms with Gasteiger partial charge in [0.15, 0.2) is 11.5 Å². The first-order chi connectivity index (χ1) is 9.56. The van der Waals surface area contributed by atoms with Crippen molar-refractivity contribution in [2.75, 3.05) is 14.2 Å². The zero-order valence-corrected chi connectivity index (χ0v) is 11.8. The van der Waals surface area contributed by atoms with E-state index < -0.39 is 0 Å². The molecule has 2 aromatic carbocycles. The summed E-state index contributed by atoms with van der Waals surface area (Å²) >= 11 is 0. The molecule has 0 aliphatic carbocycles. The molecule has 20 heavy (non-hydrogen) atoms. The molecule has 0 heterocycles. The molecule has 0 aliphatic heterocycles. The molecule has 1 atom stereocenters. The van der Waals surface area contributed by atoms with E-state index in [1.54, 1.807) is 26.4 Å². The lowest BCUT2D eigenvalue weighted by atomic mass is 9.98. The summed E-state index contributed by atoms with van der Waals surface area (Å²) < 4.78 is 23.8. The van der Waals surface area contributed by atoms with Crippen LogP contribution in [0.2, 0.25) is 0 Å². The summed E-state index contributed by atoms with van der Waals surface area (Å²) in [5.74, 6) is 0.952. The molecule has 2 rings (SSSR count). The van der Waals surface area contributed by atoms with Crippen LogP contribution in [0.1, 0.15) is 18.5 Å². The monoisotopic (exact) mass is 275 g/mol. The second-order valence-corrected chi connectivity index (χ2v) is 4.60. The van der Waals surface area contributed by atoms with E-state index in [0.717, 1.165) is 16.7 Å². The Morgan fingerprint density at radius 2 is 1.70 bits per heavy atom. The Bertz CT molecular complexity index is 594. The van der Waals surface area contributed by atoms with Gasteiger partial charge in [-0.15, -0.1) is 0 Å². The van der Waals surface area contributed by atoms with Crippen LogP contribution in [0.25, 0.3) is 11.1 Å². The Morgan fingerprint density at radius 3 is 2.20 bits per heavy atom. The number of hydrogen-bond donors (Lipinski definition) is 1. The van der Waals surface area contributed by atoms with E-state index in [1.165, 1.54) is 12.1 Å². The molecular formula is C16H18FNO2. The van der Waals surface area contributed by atoms with Crippen LogP contribution in [0.15, 0.2) is 36.4 Å². The molecule has 0 aromatic heterocycles. The summed E-state index contributed by atoms with van der Waals surface area (Å²) in [6.45, 7) is 1.90. The highest BCUT2D eigenvalue weighted by atomic mass is 19.1. The van der Waals surface area contributed by atoms with E-state index in [1.807, 2.05) is 19.1 Å². The summed E-state index contributed by atoms with van der Waals surface area (Å²) in [6.07, 6.45) is 0. The number of rotatable bonds is 4. The normalized spacial score (nSPS) is 12.1. The Kier molecular flexibility index (Phi) is 4.25. The quantitative estimate of drug-likeness (QED) is 0.928. The van der Waals surface area contributed by atoms with Crippen molar-refractivity contribution >= 4 is 0 Å². The summed E-state index contributed by atoms with van der Waals surface area (Å²) in [4.78, 5) is 0. The predicted molar refractivity (Wildman–Crippen MR) is 77.5 cm³/mol. The van der Waals surface area contributed by atoms with Gasteiger partial charge in [-0.1, -0.05) is 12.1 Å². The van der Waals surface area contributed by atoms with Crippen molar-refractivity contribution in [3.05, 3.63) is 47.8 Å². The maximum Gasteiger partial charge on any atom is 0.168 e. The van der Waals surface area contributed by atoms with Gasteiger partial charge in [-0.2, -0.15) is 0 Å². The van der Waals surface area contributed by atoms with Crippen LogP contribution in [0, 0.1) is 5.82 Å². The van der Waals surface area contributed by atoms with Gasteiger partial charge in [-0.05, 0) is 42.3 Å². The van der Waals surface area contributed by atoms with Crippen LogP contribution in [0.4, 0.5) is 4.39 Å². The predicted octanol–water partition coefficient (Wildman–Crippen LogP) is 3.53. The van der Waals surface area contributed by atoms with Crippen LogP contribution in [0.5, 0.6) is 11.5 Å². The van der Waals surface area contributed by atoms with E-state index in [-0.39, 0.29) is 11.9 Å². The summed E-state index contributed by atoms with van der Waals surface area (Å²) in [7, 11) is 3.16. The highest BCUT2D eigenvalue weighted by molar-refractivity contribution is 5.75. The van der Waals surface area contributed by atoms with Gasteiger partial charge in [0.25, 0.3) is 0 Å². The van der Waals surface area contributed by atoms with E-state index in [0.29, 0.717) is 11.5 Å².